The second-order valence-electron chi connectivity index (χ2n) is 4.62. The van der Waals surface area contributed by atoms with E-state index < -0.39 is 0 Å². The van der Waals surface area contributed by atoms with Crippen LogP contribution in [0.2, 0.25) is 0 Å². The van der Waals surface area contributed by atoms with E-state index in [0.29, 0.717) is 31.2 Å². The number of anilines is 2. The van der Waals surface area contributed by atoms with E-state index in [1.807, 2.05) is 12.1 Å². The van der Waals surface area contributed by atoms with E-state index in [1.165, 1.54) is 11.8 Å². The Balaban J connectivity index is 0.00000161. The molecule has 0 aliphatic carbocycles. The van der Waals surface area contributed by atoms with E-state index in [0.717, 1.165) is 10.6 Å². The molecule has 1 unspecified atom stereocenters. The molecule has 0 aromatic heterocycles. The first-order valence-electron chi connectivity index (χ1n) is 6.41. The van der Waals surface area contributed by atoms with Crippen molar-refractivity contribution in [1.29, 1.82) is 0 Å². The van der Waals surface area contributed by atoms with Crippen LogP contribution in [0.25, 0.3) is 0 Å². The van der Waals surface area contributed by atoms with Gasteiger partial charge in [-0.15, -0.1) is 24.2 Å². The summed E-state index contributed by atoms with van der Waals surface area (Å²) < 4.78 is 5.26. The van der Waals surface area contributed by atoms with Crippen molar-refractivity contribution in [2.24, 2.45) is 0 Å². The Bertz CT molecular complexity index is 549. The van der Waals surface area contributed by atoms with Gasteiger partial charge >= 0.3 is 0 Å². The fourth-order valence-electron chi connectivity index (χ4n) is 2.12. The van der Waals surface area contributed by atoms with Gasteiger partial charge in [0.2, 0.25) is 11.8 Å². The molecule has 3 N–H and O–H groups in total. The SMILES string of the molecule is Cl.O=C1CSc2ccc(NC(=O)C3COCCN3)cc2N1. The van der Waals surface area contributed by atoms with Gasteiger partial charge in [-0.05, 0) is 18.2 Å². The number of ether oxygens (including phenoxy) is 1. The van der Waals surface area contributed by atoms with Gasteiger partial charge in [-0.1, -0.05) is 0 Å². The van der Waals surface area contributed by atoms with Crippen molar-refractivity contribution in [2.45, 2.75) is 10.9 Å². The molecule has 2 aliphatic heterocycles. The second kappa shape index (κ2) is 7.13. The molecule has 21 heavy (non-hydrogen) atoms. The molecule has 2 aliphatic rings. The number of amides is 2. The molecule has 0 spiro atoms. The highest BCUT2D eigenvalue weighted by molar-refractivity contribution is 8.00. The summed E-state index contributed by atoms with van der Waals surface area (Å²) in [6.45, 7) is 1.68. The van der Waals surface area contributed by atoms with Gasteiger partial charge < -0.3 is 20.7 Å². The molecule has 3 rings (SSSR count). The minimum atomic E-state index is -0.330. The lowest BCUT2D eigenvalue weighted by Crippen LogP contribution is -2.48. The maximum Gasteiger partial charge on any atom is 0.243 e. The zero-order valence-electron chi connectivity index (χ0n) is 11.2. The van der Waals surface area contributed by atoms with Crippen molar-refractivity contribution in [3.8, 4) is 0 Å². The van der Waals surface area contributed by atoms with Gasteiger partial charge in [0.15, 0.2) is 0 Å². The molecule has 6 nitrogen and oxygen atoms in total. The third-order valence-electron chi connectivity index (χ3n) is 3.12. The van der Waals surface area contributed by atoms with Crippen LogP contribution in [0.15, 0.2) is 23.1 Å². The highest BCUT2D eigenvalue weighted by Crippen LogP contribution is 2.33. The number of morpholine rings is 1. The fraction of sp³-hybridized carbons (Fsp3) is 0.385. The highest BCUT2D eigenvalue weighted by Gasteiger charge is 2.22. The van der Waals surface area contributed by atoms with Gasteiger partial charge in [-0.3, -0.25) is 9.59 Å². The van der Waals surface area contributed by atoms with Gasteiger partial charge in [0.1, 0.15) is 6.04 Å². The van der Waals surface area contributed by atoms with Crippen LogP contribution in [0.4, 0.5) is 11.4 Å². The molecule has 1 fully saturated rings. The van der Waals surface area contributed by atoms with Gasteiger partial charge in [-0.25, -0.2) is 0 Å². The summed E-state index contributed by atoms with van der Waals surface area (Å²) in [5.41, 5.74) is 1.42. The Kier molecular flexibility index (Phi) is 5.46. The number of hydrogen-bond acceptors (Lipinski definition) is 5. The van der Waals surface area contributed by atoms with E-state index in [-0.39, 0.29) is 30.3 Å². The average Bonchev–Trinajstić information content (AvgIpc) is 2.47. The third kappa shape index (κ3) is 3.88. The van der Waals surface area contributed by atoms with Crippen LogP contribution >= 0.6 is 24.2 Å². The molecule has 1 saturated heterocycles. The van der Waals surface area contributed by atoms with Crippen LogP contribution in [-0.2, 0) is 14.3 Å². The predicted octanol–water partition coefficient (Wildman–Crippen LogP) is 1.08. The summed E-state index contributed by atoms with van der Waals surface area (Å²) in [6, 6.07) is 5.19. The standard InChI is InChI=1S/C13H15N3O3S.ClH/c17-12-7-20-11-2-1-8(5-9(11)16-12)15-13(18)10-6-19-4-3-14-10;/h1-2,5,10,14H,3-4,6-7H2,(H,15,18)(H,16,17);1H. The number of halogens is 1. The van der Waals surface area contributed by atoms with E-state index in [2.05, 4.69) is 16.0 Å². The van der Waals surface area contributed by atoms with Crippen LogP contribution < -0.4 is 16.0 Å². The van der Waals surface area contributed by atoms with Gasteiger partial charge in [0, 0.05) is 17.1 Å². The van der Waals surface area contributed by atoms with Crippen molar-refractivity contribution < 1.29 is 14.3 Å². The van der Waals surface area contributed by atoms with Gasteiger partial charge in [0.05, 0.1) is 24.7 Å². The summed E-state index contributed by atoms with van der Waals surface area (Å²) in [5, 5.41) is 8.73. The number of carbonyl (C=O) groups is 2. The van der Waals surface area contributed by atoms with E-state index >= 15 is 0 Å². The minimum absolute atomic E-state index is 0. The van der Waals surface area contributed by atoms with Gasteiger partial charge in [-0.2, -0.15) is 0 Å². The summed E-state index contributed by atoms with van der Waals surface area (Å²) in [7, 11) is 0. The van der Waals surface area contributed by atoms with E-state index in [4.69, 9.17) is 4.74 Å². The Labute approximate surface area is 132 Å². The molecule has 0 saturated carbocycles. The molecule has 8 heteroatoms. The number of benzene rings is 1. The molecule has 1 aromatic rings. The predicted molar refractivity (Wildman–Crippen MR) is 84.3 cm³/mol. The number of thioether (sulfide) groups is 1. The maximum absolute atomic E-state index is 12.1. The lowest BCUT2D eigenvalue weighted by molar-refractivity contribution is -0.120. The Hall–Kier alpha value is -1.28. The topological polar surface area (TPSA) is 79.5 Å². The quantitative estimate of drug-likeness (QED) is 0.756. The lowest BCUT2D eigenvalue weighted by Gasteiger charge is -2.23. The number of hydrogen-bond donors (Lipinski definition) is 3. The summed E-state index contributed by atoms with van der Waals surface area (Å²) >= 11 is 1.50. The van der Waals surface area contributed by atoms with E-state index in [9.17, 15) is 9.59 Å². The van der Waals surface area contributed by atoms with Crippen LogP contribution in [0.1, 0.15) is 0 Å². The molecule has 2 amide bonds. The Morgan fingerprint density at radius 1 is 1.43 bits per heavy atom. The molecule has 2 heterocycles. The summed E-state index contributed by atoms with van der Waals surface area (Å²) in [4.78, 5) is 24.4. The normalized spacial score (nSPS) is 20.8. The average molecular weight is 330 g/mol. The van der Waals surface area contributed by atoms with Crippen molar-refractivity contribution in [1.82, 2.24) is 5.32 Å². The van der Waals surface area contributed by atoms with Crippen LogP contribution in [-0.4, -0.2) is 43.4 Å². The minimum Gasteiger partial charge on any atom is -0.378 e. The van der Waals surface area contributed by atoms with Crippen molar-refractivity contribution >= 4 is 47.4 Å². The summed E-state index contributed by atoms with van der Waals surface area (Å²) in [5.74, 6) is 0.287. The van der Waals surface area contributed by atoms with Crippen molar-refractivity contribution in [3.63, 3.8) is 0 Å². The number of fused-ring (bicyclic) bond motifs is 1. The zero-order valence-corrected chi connectivity index (χ0v) is 12.8. The number of carbonyl (C=O) groups excluding carboxylic acids is 2. The second-order valence-corrected chi connectivity index (χ2v) is 5.64. The number of rotatable bonds is 2. The molecule has 1 atom stereocenters. The third-order valence-corrected chi connectivity index (χ3v) is 4.19. The fourth-order valence-corrected chi connectivity index (χ4v) is 2.91. The van der Waals surface area contributed by atoms with Crippen LogP contribution in [0, 0.1) is 0 Å². The molecular weight excluding hydrogens is 314 g/mol. The summed E-state index contributed by atoms with van der Waals surface area (Å²) in [6.07, 6.45) is 0. The highest BCUT2D eigenvalue weighted by atomic mass is 35.5. The first-order chi connectivity index (χ1) is 9.72. The molecule has 0 radical (unpaired) electrons. The first kappa shape index (κ1) is 16.1. The van der Waals surface area contributed by atoms with Crippen LogP contribution in [0.3, 0.4) is 0 Å². The molecule has 114 valence electrons. The molecular formula is C13H16ClN3O3S. The first-order valence-corrected chi connectivity index (χ1v) is 7.39. The Morgan fingerprint density at radius 3 is 3.05 bits per heavy atom. The van der Waals surface area contributed by atoms with Gasteiger partial charge in [0.25, 0.3) is 0 Å². The van der Waals surface area contributed by atoms with Crippen LogP contribution in [0.5, 0.6) is 0 Å². The largest absolute Gasteiger partial charge is 0.378 e. The monoisotopic (exact) mass is 329 g/mol. The van der Waals surface area contributed by atoms with Crippen molar-refractivity contribution in [3.05, 3.63) is 18.2 Å². The molecule has 0 bridgehead atoms. The number of nitrogens with one attached hydrogen (secondary N) is 3. The Morgan fingerprint density at radius 2 is 2.29 bits per heavy atom. The molecule has 1 aromatic carbocycles. The lowest BCUT2D eigenvalue weighted by atomic mass is 10.2. The van der Waals surface area contributed by atoms with Crippen molar-refractivity contribution in [2.75, 3.05) is 36.1 Å². The maximum atomic E-state index is 12.1. The van der Waals surface area contributed by atoms with E-state index in [1.54, 1.807) is 6.07 Å². The smallest absolute Gasteiger partial charge is 0.243 e. The zero-order chi connectivity index (χ0) is 13.9.